The van der Waals surface area contributed by atoms with Crippen molar-refractivity contribution in [2.75, 3.05) is 18.9 Å². The first-order valence-electron chi connectivity index (χ1n) is 7.94. The molecule has 0 atom stereocenters. The lowest BCUT2D eigenvalue weighted by Gasteiger charge is -2.21. The van der Waals surface area contributed by atoms with E-state index in [0.717, 1.165) is 0 Å². The number of amides is 1. The molecule has 4 N–H and O–H groups in total. The maximum absolute atomic E-state index is 12.3. The van der Waals surface area contributed by atoms with Crippen molar-refractivity contribution >= 4 is 34.9 Å². The van der Waals surface area contributed by atoms with Gasteiger partial charge in [-0.1, -0.05) is 43.1 Å². The Labute approximate surface area is 162 Å². The molecule has 0 saturated heterocycles. The van der Waals surface area contributed by atoms with Crippen LogP contribution in [0.1, 0.15) is 29.8 Å². The zero-order valence-electron chi connectivity index (χ0n) is 14.6. The van der Waals surface area contributed by atoms with Crippen LogP contribution in [0, 0.1) is 5.41 Å². The van der Waals surface area contributed by atoms with E-state index in [1.807, 2.05) is 13.8 Å². The number of anilines is 1. The third-order valence-corrected chi connectivity index (χ3v) is 4.44. The summed E-state index contributed by atoms with van der Waals surface area (Å²) in [5.74, 6) is 0.0788. The Morgan fingerprint density at radius 3 is 2.62 bits per heavy atom. The molecule has 2 aromatic rings. The van der Waals surface area contributed by atoms with Crippen LogP contribution in [-0.4, -0.2) is 29.1 Å². The predicted molar refractivity (Wildman–Crippen MR) is 103 cm³/mol. The second kappa shape index (κ2) is 8.58. The summed E-state index contributed by atoms with van der Waals surface area (Å²) in [6, 6.07) is 6.66. The highest BCUT2D eigenvalue weighted by molar-refractivity contribution is 6.35. The molecule has 0 unspecified atom stereocenters. The number of aliphatic hydroxyl groups excluding tert-OH is 1. The Kier molecular flexibility index (Phi) is 6.69. The molecule has 140 valence electrons. The van der Waals surface area contributed by atoms with Gasteiger partial charge in [0, 0.05) is 40.4 Å². The average Bonchev–Trinajstić information content (AvgIpc) is 2.60. The van der Waals surface area contributed by atoms with Crippen LogP contribution in [0.3, 0.4) is 0 Å². The minimum atomic E-state index is -0.420. The minimum Gasteiger partial charge on any atom is -0.485 e. The van der Waals surface area contributed by atoms with Gasteiger partial charge in [-0.05, 0) is 18.2 Å². The van der Waals surface area contributed by atoms with E-state index in [1.165, 1.54) is 12.3 Å². The number of nitrogen functional groups attached to an aromatic ring is 1. The topological polar surface area (TPSA) is 97.5 Å². The molecule has 26 heavy (non-hydrogen) atoms. The van der Waals surface area contributed by atoms with Gasteiger partial charge in [0.1, 0.15) is 6.61 Å². The molecular weight excluding hydrogens is 377 g/mol. The average molecular weight is 398 g/mol. The van der Waals surface area contributed by atoms with E-state index in [9.17, 15) is 9.90 Å². The summed E-state index contributed by atoms with van der Waals surface area (Å²) in [4.78, 5) is 16.3. The summed E-state index contributed by atoms with van der Waals surface area (Å²) in [6.45, 7) is 4.05. The van der Waals surface area contributed by atoms with Crippen LogP contribution < -0.4 is 15.8 Å². The number of benzene rings is 1. The monoisotopic (exact) mass is 397 g/mol. The molecule has 0 fully saturated rings. The first-order valence-corrected chi connectivity index (χ1v) is 8.69. The summed E-state index contributed by atoms with van der Waals surface area (Å²) in [7, 11) is 0. The van der Waals surface area contributed by atoms with Crippen molar-refractivity contribution in [1.82, 2.24) is 10.3 Å². The summed E-state index contributed by atoms with van der Waals surface area (Å²) in [6.07, 6.45) is 1.37. The van der Waals surface area contributed by atoms with E-state index in [1.54, 1.807) is 18.2 Å². The number of hydrogen-bond donors (Lipinski definition) is 3. The number of carbonyl (C=O) groups is 1. The first kappa shape index (κ1) is 20.3. The number of ether oxygens (including phenoxy) is 1. The zero-order chi connectivity index (χ0) is 19.3. The van der Waals surface area contributed by atoms with Gasteiger partial charge < -0.3 is 20.9 Å². The maximum atomic E-state index is 12.3. The summed E-state index contributed by atoms with van der Waals surface area (Å²) < 4.78 is 5.67. The Morgan fingerprint density at radius 1 is 1.35 bits per heavy atom. The summed E-state index contributed by atoms with van der Waals surface area (Å²) in [5, 5.41) is 13.0. The quantitative estimate of drug-likeness (QED) is 0.665. The van der Waals surface area contributed by atoms with Crippen molar-refractivity contribution in [1.29, 1.82) is 0 Å². The van der Waals surface area contributed by atoms with Gasteiger partial charge >= 0.3 is 0 Å². The fourth-order valence-corrected chi connectivity index (χ4v) is 2.50. The van der Waals surface area contributed by atoms with Crippen molar-refractivity contribution in [2.24, 2.45) is 5.41 Å². The number of aromatic nitrogens is 1. The molecular formula is C18H21Cl2N3O3. The van der Waals surface area contributed by atoms with Gasteiger partial charge in [0.15, 0.2) is 11.6 Å². The van der Waals surface area contributed by atoms with Crippen molar-refractivity contribution in [3.05, 3.63) is 51.6 Å². The lowest BCUT2D eigenvalue weighted by molar-refractivity contribution is 0.0910. The number of nitrogens with one attached hydrogen (secondary N) is 1. The molecule has 0 aliphatic rings. The van der Waals surface area contributed by atoms with Gasteiger partial charge in [-0.15, -0.1) is 0 Å². The lowest BCUT2D eigenvalue weighted by atomic mass is 9.95. The summed E-state index contributed by atoms with van der Waals surface area (Å²) in [5.41, 5.74) is 6.33. The third-order valence-electron chi connectivity index (χ3n) is 3.73. The van der Waals surface area contributed by atoms with Crippen LogP contribution in [0.4, 0.5) is 5.82 Å². The van der Waals surface area contributed by atoms with Crippen molar-refractivity contribution in [2.45, 2.75) is 20.5 Å². The molecule has 2 rings (SSSR count). The second-order valence-corrected chi connectivity index (χ2v) is 7.42. The van der Waals surface area contributed by atoms with Crippen molar-refractivity contribution in [3.8, 4) is 5.75 Å². The van der Waals surface area contributed by atoms with Crippen LogP contribution in [0.5, 0.6) is 5.75 Å². The van der Waals surface area contributed by atoms with Gasteiger partial charge in [0.25, 0.3) is 5.91 Å². The van der Waals surface area contributed by atoms with E-state index < -0.39 is 5.41 Å². The van der Waals surface area contributed by atoms with E-state index in [4.69, 9.17) is 33.7 Å². The highest BCUT2D eigenvalue weighted by Crippen LogP contribution is 2.27. The molecule has 1 amide bonds. The molecule has 1 heterocycles. The van der Waals surface area contributed by atoms with Gasteiger partial charge in [0.05, 0.1) is 5.56 Å². The first-order chi connectivity index (χ1) is 12.2. The van der Waals surface area contributed by atoms with Crippen LogP contribution in [-0.2, 0) is 6.61 Å². The largest absolute Gasteiger partial charge is 0.485 e. The molecule has 1 aromatic heterocycles. The number of rotatable bonds is 7. The molecule has 0 aliphatic carbocycles. The Balaban J connectivity index is 2.11. The number of aliphatic hydroxyl groups is 1. The Bertz CT molecular complexity index is 777. The second-order valence-electron chi connectivity index (χ2n) is 6.60. The van der Waals surface area contributed by atoms with E-state index in [-0.39, 0.29) is 30.7 Å². The lowest BCUT2D eigenvalue weighted by Crippen LogP contribution is -2.36. The third kappa shape index (κ3) is 5.24. The molecule has 1 aromatic carbocycles. The highest BCUT2D eigenvalue weighted by atomic mass is 35.5. The van der Waals surface area contributed by atoms with Gasteiger partial charge in [-0.3, -0.25) is 4.79 Å². The van der Waals surface area contributed by atoms with Crippen LogP contribution in [0.25, 0.3) is 0 Å². The summed E-state index contributed by atoms with van der Waals surface area (Å²) >= 11 is 12.2. The molecule has 0 saturated carbocycles. The number of hydrogen-bond acceptors (Lipinski definition) is 5. The Hall–Kier alpha value is -2.02. The van der Waals surface area contributed by atoms with Crippen molar-refractivity contribution < 1.29 is 14.6 Å². The van der Waals surface area contributed by atoms with E-state index in [2.05, 4.69) is 10.3 Å². The van der Waals surface area contributed by atoms with Gasteiger partial charge in [-0.2, -0.15) is 0 Å². The molecule has 0 aliphatic heterocycles. The fourth-order valence-electron chi connectivity index (χ4n) is 1.99. The normalized spacial score (nSPS) is 11.3. The maximum Gasteiger partial charge on any atom is 0.253 e. The predicted octanol–water partition coefficient (Wildman–Crippen LogP) is 3.30. The number of carbonyl (C=O) groups excluding carboxylic acids is 1. The van der Waals surface area contributed by atoms with E-state index in [0.29, 0.717) is 27.7 Å². The van der Waals surface area contributed by atoms with Crippen LogP contribution in [0.2, 0.25) is 10.0 Å². The highest BCUT2D eigenvalue weighted by Gasteiger charge is 2.19. The van der Waals surface area contributed by atoms with Gasteiger partial charge in [0.2, 0.25) is 0 Å². The zero-order valence-corrected chi connectivity index (χ0v) is 16.1. The van der Waals surface area contributed by atoms with Crippen molar-refractivity contribution in [3.63, 3.8) is 0 Å². The number of nitrogens with two attached hydrogens (primary N) is 1. The smallest absolute Gasteiger partial charge is 0.253 e. The molecule has 0 radical (unpaired) electrons. The minimum absolute atomic E-state index is 0.0414. The number of nitrogens with zero attached hydrogens (tertiary/aromatic N) is 1. The van der Waals surface area contributed by atoms with E-state index >= 15 is 0 Å². The standard InChI is InChI=1S/C18H21Cl2N3O3/c1-18(2,10-24)9-23-17(25)11-6-15(16(21)22-7-11)26-8-12-13(19)4-3-5-14(12)20/h3-7,24H,8-10H2,1-2H3,(H2,21,22)(H,23,25). The van der Waals surface area contributed by atoms with Crippen LogP contribution in [0.15, 0.2) is 30.5 Å². The number of pyridine rings is 1. The number of halogens is 2. The molecule has 6 nitrogen and oxygen atoms in total. The van der Waals surface area contributed by atoms with Gasteiger partial charge in [-0.25, -0.2) is 4.98 Å². The molecule has 8 heteroatoms. The SMILES string of the molecule is CC(C)(CO)CNC(=O)c1cnc(N)c(OCc2c(Cl)cccc2Cl)c1. The fraction of sp³-hybridized carbons (Fsp3) is 0.333. The van der Waals surface area contributed by atoms with Crippen LogP contribution >= 0.6 is 23.2 Å². The molecule has 0 bridgehead atoms. The molecule has 0 spiro atoms. The Morgan fingerprint density at radius 2 is 2.00 bits per heavy atom.